The highest BCUT2D eigenvalue weighted by Crippen LogP contribution is 2.28. The van der Waals surface area contributed by atoms with Gasteiger partial charge in [0.15, 0.2) is 0 Å². The van der Waals surface area contributed by atoms with Crippen LogP contribution in [0.4, 0.5) is 0 Å². The highest BCUT2D eigenvalue weighted by atomic mass is 16.4. The topological polar surface area (TPSA) is 76.2 Å². The number of hydrogen-bond acceptors (Lipinski definition) is 4. The summed E-state index contributed by atoms with van der Waals surface area (Å²) in [6, 6.07) is 12.7. The highest BCUT2D eigenvalue weighted by molar-refractivity contribution is 5.88. The van der Waals surface area contributed by atoms with Gasteiger partial charge < -0.3 is 9.52 Å². The minimum atomic E-state index is -0.924. The number of carbonyl (C=O) groups is 1. The summed E-state index contributed by atoms with van der Waals surface area (Å²) in [7, 11) is 0. The molecule has 2 aromatic carbocycles. The SMILES string of the molecule is CCc1nnc(-c2ccc(-c3ccc(C(=O)O)cc3)c(C)c2)o1. The van der Waals surface area contributed by atoms with Crippen LogP contribution in [0.25, 0.3) is 22.6 Å². The van der Waals surface area contributed by atoms with Crippen molar-refractivity contribution >= 4 is 5.97 Å². The van der Waals surface area contributed by atoms with Gasteiger partial charge in [-0.15, -0.1) is 10.2 Å². The largest absolute Gasteiger partial charge is 0.478 e. The number of benzene rings is 2. The Labute approximate surface area is 133 Å². The molecule has 0 radical (unpaired) electrons. The van der Waals surface area contributed by atoms with E-state index in [0.717, 1.165) is 22.3 Å². The standard InChI is InChI=1S/C18H16N2O3/c1-3-16-19-20-17(23-16)14-8-9-15(11(2)10-14)12-4-6-13(7-5-12)18(21)22/h4-10H,3H2,1-2H3,(H,21,22). The van der Waals surface area contributed by atoms with Gasteiger partial charge in [-0.25, -0.2) is 4.79 Å². The zero-order chi connectivity index (χ0) is 16.4. The fourth-order valence-electron chi connectivity index (χ4n) is 2.43. The van der Waals surface area contributed by atoms with Crippen LogP contribution in [0.1, 0.15) is 28.7 Å². The normalized spacial score (nSPS) is 10.7. The van der Waals surface area contributed by atoms with Crippen LogP contribution in [-0.4, -0.2) is 21.3 Å². The third-order valence-corrected chi connectivity index (χ3v) is 3.69. The van der Waals surface area contributed by atoms with Crippen LogP contribution < -0.4 is 0 Å². The van der Waals surface area contributed by atoms with Crippen molar-refractivity contribution in [3.05, 3.63) is 59.5 Å². The van der Waals surface area contributed by atoms with Crippen molar-refractivity contribution in [2.24, 2.45) is 0 Å². The van der Waals surface area contributed by atoms with Crippen molar-refractivity contribution in [1.29, 1.82) is 0 Å². The molecule has 0 aliphatic rings. The molecule has 116 valence electrons. The van der Waals surface area contributed by atoms with Gasteiger partial charge in [0.05, 0.1) is 5.56 Å². The van der Waals surface area contributed by atoms with E-state index in [9.17, 15) is 4.79 Å². The van der Waals surface area contributed by atoms with E-state index in [2.05, 4.69) is 10.2 Å². The van der Waals surface area contributed by atoms with E-state index in [1.54, 1.807) is 12.1 Å². The van der Waals surface area contributed by atoms with Gasteiger partial charge in [-0.2, -0.15) is 0 Å². The third kappa shape index (κ3) is 2.99. The maximum absolute atomic E-state index is 10.9. The first-order chi connectivity index (χ1) is 11.1. The van der Waals surface area contributed by atoms with Gasteiger partial charge in [-0.1, -0.05) is 25.1 Å². The summed E-state index contributed by atoms with van der Waals surface area (Å²) >= 11 is 0. The smallest absolute Gasteiger partial charge is 0.335 e. The lowest BCUT2D eigenvalue weighted by Crippen LogP contribution is -1.95. The summed E-state index contributed by atoms with van der Waals surface area (Å²) in [5.41, 5.74) is 4.23. The van der Waals surface area contributed by atoms with Crippen LogP contribution in [0.15, 0.2) is 46.9 Å². The molecule has 0 fully saturated rings. The molecule has 0 unspecified atom stereocenters. The molecule has 1 aromatic heterocycles. The Balaban J connectivity index is 1.94. The summed E-state index contributed by atoms with van der Waals surface area (Å²) in [6.07, 6.45) is 0.708. The first kappa shape index (κ1) is 15.0. The third-order valence-electron chi connectivity index (χ3n) is 3.69. The van der Waals surface area contributed by atoms with Crippen LogP contribution in [-0.2, 0) is 6.42 Å². The molecule has 3 aromatic rings. The molecule has 0 aliphatic heterocycles. The predicted molar refractivity (Wildman–Crippen MR) is 86.2 cm³/mol. The summed E-state index contributed by atoms with van der Waals surface area (Å²) in [6.45, 7) is 3.97. The fraction of sp³-hybridized carbons (Fsp3) is 0.167. The molecular formula is C18H16N2O3. The second kappa shape index (κ2) is 6.04. The molecule has 0 atom stereocenters. The Morgan fingerprint density at radius 2 is 1.78 bits per heavy atom. The number of aromatic carboxylic acids is 1. The first-order valence-electron chi connectivity index (χ1n) is 7.35. The number of nitrogens with zero attached hydrogens (tertiary/aromatic N) is 2. The van der Waals surface area contributed by atoms with Crippen LogP contribution in [0.2, 0.25) is 0 Å². The Morgan fingerprint density at radius 3 is 2.35 bits per heavy atom. The Bertz CT molecular complexity index is 851. The number of aryl methyl sites for hydroxylation is 2. The van der Waals surface area contributed by atoms with E-state index < -0.39 is 5.97 Å². The summed E-state index contributed by atoms with van der Waals surface area (Å²) < 4.78 is 5.57. The van der Waals surface area contributed by atoms with Gasteiger partial charge >= 0.3 is 5.97 Å². The van der Waals surface area contributed by atoms with Gasteiger partial charge in [0, 0.05) is 12.0 Å². The molecule has 1 N–H and O–H groups in total. The van der Waals surface area contributed by atoms with E-state index in [-0.39, 0.29) is 5.56 Å². The van der Waals surface area contributed by atoms with Gasteiger partial charge in [-0.3, -0.25) is 0 Å². The Kier molecular flexibility index (Phi) is 3.93. The lowest BCUT2D eigenvalue weighted by Gasteiger charge is -2.08. The number of rotatable bonds is 4. The molecular weight excluding hydrogens is 292 g/mol. The molecule has 0 aliphatic carbocycles. The number of carboxylic acid groups (broad SMARTS) is 1. The zero-order valence-corrected chi connectivity index (χ0v) is 12.9. The molecule has 0 spiro atoms. The van der Waals surface area contributed by atoms with Gasteiger partial charge in [0.1, 0.15) is 0 Å². The Hall–Kier alpha value is -2.95. The van der Waals surface area contributed by atoms with Gasteiger partial charge in [-0.05, 0) is 47.9 Å². The quantitative estimate of drug-likeness (QED) is 0.789. The molecule has 5 heteroatoms. The van der Waals surface area contributed by atoms with E-state index in [4.69, 9.17) is 9.52 Å². The van der Waals surface area contributed by atoms with Gasteiger partial charge in [0.2, 0.25) is 11.8 Å². The lowest BCUT2D eigenvalue weighted by molar-refractivity contribution is 0.0697. The van der Waals surface area contributed by atoms with Crippen LogP contribution in [0.3, 0.4) is 0 Å². The summed E-state index contributed by atoms with van der Waals surface area (Å²) in [5, 5.41) is 17.0. The summed E-state index contributed by atoms with van der Waals surface area (Å²) in [4.78, 5) is 10.9. The molecule has 0 saturated carbocycles. The first-order valence-corrected chi connectivity index (χ1v) is 7.35. The van der Waals surface area contributed by atoms with Crippen molar-refractivity contribution in [3.8, 4) is 22.6 Å². The van der Waals surface area contributed by atoms with Crippen LogP contribution in [0.5, 0.6) is 0 Å². The maximum Gasteiger partial charge on any atom is 0.335 e. The number of hydrogen-bond donors (Lipinski definition) is 1. The lowest BCUT2D eigenvalue weighted by atomic mass is 9.97. The van der Waals surface area contributed by atoms with E-state index in [1.807, 2.05) is 44.2 Å². The van der Waals surface area contributed by atoms with Crippen molar-refractivity contribution in [2.75, 3.05) is 0 Å². The predicted octanol–water partition coefficient (Wildman–Crippen LogP) is 3.97. The Morgan fingerprint density at radius 1 is 1.09 bits per heavy atom. The van der Waals surface area contributed by atoms with E-state index in [0.29, 0.717) is 18.2 Å². The number of aromatic nitrogens is 2. The minimum Gasteiger partial charge on any atom is -0.478 e. The molecule has 0 amide bonds. The van der Waals surface area contributed by atoms with Crippen molar-refractivity contribution < 1.29 is 14.3 Å². The second-order valence-corrected chi connectivity index (χ2v) is 5.27. The second-order valence-electron chi connectivity index (χ2n) is 5.27. The monoisotopic (exact) mass is 308 g/mol. The molecule has 1 heterocycles. The summed E-state index contributed by atoms with van der Waals surface area (Å²) in [5.74, 6) is 0.204. The van der Waals surface area contributed by atoms with E-state index >= 15 is 0 Å². The van der Waals surface area contributed by atoms with Crippen molar-refractivity contribution in [3.63, 3.8) is 0 Å². The van der Waals surface area contributed by atoms with Gasteiger partial charge in [0.25, 0.3) is 0 Å². The molecule has 5 nitrogen and oxygen atoms in total. The van der Waals surface area contributed by atoms with E-state index in [1.165, 1.54) is 0 Å². The molecule has 3 rings (SSSR count). The molecule has 0 bridgehead atoms. The maximum atomic E-state index is 10.9. The molecule has 23 heavy (non-hydrogen) atoms. The van der Waals surface area contributed by atoms with Crippen molar-refractivity contribution in [1.82, 2.24) is 10.2 Å². The van der Waals surface area contributed by atoms with Crippen LogP contribution >= 0.6 is 0 Å². The zero-order valence-electron chi connectivity index (χ0n) is 12.9. The fourth-order valence-corrected chi connectivity index (χ4v) is 2.43. The minimum absolute atomic E-state index is 0.279. The number of carboxylic acids is 1. The average molecular weight is 308 g/mol. The molecule has 0 saturated heterocycles. The average Bonchev–Trinajstić information content (AvgIpc) is 3.04. The van der Waals surface area contributed by atoms with Crippen molar-refractivity contribution in [2.45, 2.75) is 20.3 Å². The highest BCUT2D eigenvalue weighted by Gasteiger charge is 2.10. The van der Waals surface area contributed by atoms with Crippen LogP contribution in [0, 0.1) is 6.92 Å².